The summed E-state index contributed by atoms with van der Waals surface area (Å²) in [4.78, 5) is 0. The summed E-state index contributed by atoms with van der Waals surface area (Å²) in [7, 11) is 0. The summed E-state index contributed by atoms with van der Waals surface area (Å²) in [5.41, 5.74) is 0. The van der Waals surface area contributed by atoms with E-state index in [1.807, 2.05) is 6.92 Å². The molecule has 0 aliphatic carbocycles. The van der Waals surface area contributed by atoms with Crippen LogP contribution >= 0.6 is 0 Å². The first kappa shape index (κ1) is 13.1. The van der Waals surface area contributed by atoms with Crippen molar-refractivity contribution in [3.8, 4) is 0 Å². The molecule has 0 aromatic rings. The van der Waals surface area contributed by atoms with Gasteiger partial charge in [0.25, 0.3) is 0 Å². The molecule has 0 aromatic carbocycles. The van der Waals surface area contributed by atoms with Gasteiger partial charge in [-0.2, -0.15) is 0 Å². The molecule has 0 saturated heterocycles. The lowest BCUT2D eigenvalue weighted by Gasteiger charge is -2.16. The molecule has 0 heterocycles. The largest absolute Gasteiger partial charge is 0.294 e. The first-order valence-corrected chi connectivity index (χ1v) is 6.00. The zero-order chi connectivity index (χ0) is 10.3. The molecule has 0 aliphatic rings. The molecule has 1 atom stereocenters. The third-order valence-electron chi connectivity index (χ3n) is 1.88. The topological polar surface area (TPSA) is 40.5 Å². The summed E-state index contributed by atoms with van der Waals surface area (Å²) < 4.78 is 21.3. The average molecular weight is 207 g/mol. The van der Waals surface area contributed by atoms with E-state index in [4.69, 9.17) is 4.55 Å². The van der Waals surface area contributed by atoms with Crippen LogP contribution in [-0.4, -0.2) is 26.2 Å². The van der Waals surface area contributed by atoms with Gasteiger partial charge in [0, 0.05) is 13.1 Å². The highest BCUT2D eigenvalue weighted by molar-refractivity contribution is 7.76. The van der Waals surface area contributed by atoms with Crippen LogP contribution in [0.3, 0.4) is 0 Å². The molecule has 13 heavy (non-hydrogen) atoms. The van der Waals surface area contributed by atoms with Gasteiger partial charge < -0.3 is 0 Å². The summed E-state index contributed by atoms with van der Waals surface area (Å²) in [5, 5.41) is 0. The molecule has 0 aromatic heterocycles. The Morgan fingerprint density at radius 1 is 1.38 bits per heavy atom. The standard InChI is InChI=1S/C9H21NO2S/c1-4-7-10(13(11)12)8-5-6-9(2)3/h9H,4-8H2,1-3H3,(H,11,12). The maximum atomic E-state index is 10.8. The van der Waals surface area contributed by atoms with Gasteiger partial charge in [0.15, 0.2) is 0 Å². The summed E-state index contributed by atoms with van der Waals surface area (Å²) in [5.74, 6) is 0.676. The van der Waals surface area contributed by atoms with Gasteiger partial charge in [-0.1, -0.05) is 20.8 Å². The molecule has 0 amide bonds. The first-order valence-electron chi connectivity index (χ1n) is 4.93. The van der Waals surface area contributed by atoms with Crippen LogP contribution in [0.15, 0.2) is 0 Å². The minimum absolute atomic E-state index is 0.676. The van der Waals surface area contributed by atoms with Crippen molar-refractivity contribution in [3.05, 3.63) is 0 Å². The van der Waals surface area contributed by atoms with Gasteiger partial charge in [-0.25, -0.2) is 8.51 Å². The average Bonchev–Trinajstić information content (AvgIpc) is 2.02. The lowest BCUT2D eigenvalue weighted by atomic mass is 10.1. The second-order valence-electron chi connectivity index (χ2n) is 3.70. The molecule has 0 fully saturated rings. The third kappa shape index (κ3) is 7.16. The van der Waals surface area contributed by atoms with Crippen LogP contribution in [0.5, 0.6) is 0 Å². The molecule has 1 unspecified atom stereocenters. The second-order valence-corrected chi connectivity index (χ2v) is 4.67. The third-order valence-corrected chi connectivity index (χ3v) is 2.69. The number of rotatable bonds is 7. The van der Waals surface area contributed by atoms with Crippen molar-refractivity contribution >= 4 is 11.3 Å². The van der Waals surface area contributed by atoms with Crippen molar-refractivity contribution in [1.29, 1.82) is 0 Å². The lowest BCUT2D eigenvalue weighted by molar-refractivity contribution is 0.376. The van der Waals surface area contributed by atoms with E-state index in [0.717, 1.165) is 25.8 Å². The normalized spacial score (nSPS) is 14.0. The van der Waals surface area contributed by atoms with Crippen molar-refractivity contribution in [2.24, 2.45) is 5.92 Å². The van der Waals surface area contributed by atoms with Crippen LogP contribution in [0.1, 0.15) is 40.0 Å². The van der Waals surface area contributed by atoms with E-state index < -0.39 is 11.3 Å². The smallest absolute Gasteiger partial charge is 0.234 e. The Bertz CT molecular complexity index is 151. The van der Waals surface area contributed by atoms with Gasteiger partial charge in [-0.05, 0) is 25.2 Å². The molecule has 1 N–H and O–H groups in total. The molecular weight excluding hydrogens is 186 g/mol. The minimum atomic E-state index is -1.78. The SMILES string of the molecule is CCCN(CCCC(C)C)S(=O)O. The quantitative estimate of drug-likeness (QED) is 0.651. The molecule has 0 spiro atoms. The van der Waals surface area contributed by atoms with Crippen LogP contribution in [0.4, 0.5) is 0 Å². The monoisotopic (exact) mass is 207 g/mol. The highest BCUT2D eigenvalue weighted by Crippen LogP contribution is 2.06. The van der Waals surface area contributed by atoms with E-state index in [1.54, 1.807) is 4.31 Å². The van der Waals surface area contributed by atoms with Crippen LogP contribution in [0, 0.1) is 5.92 Å². The van der Waals surface area contributed by atoms with Gasteiger partial charge in [0.2, 0.25) is 11.3 Å². The summed E-state index contributed by atoms with van der Waals surface area (Å²) in [6, 6.07) is 0. The molecular formula is C9H21NO2S. The van der Waals surface area contributed by atoms with Crippen LogP contribution in [-0.2, 0) is 11.3 Å². The fraction of sp³-hybridized carbons (Fsp3) is 1.00. The van der Waals surface area contributed by atoms with Crippen molar-refractivity contribution in [2.75, 3.05) is 13.1 Å². The van der Waals surface area contributed by atoms with Crippen molar-refractivity contribution < 1.29 is 8.76 Å². The van der Waals surface area contributed by atoms with E-state index in [0.29, 0.717) is 12.5 Å². The second kappa shape index (κ2) is 7.47. The molecule has 0 rings (SSSR count). The Morgan fingerprint density at radius 2 is 2.00 bits per heavy atom. The summed E-state index contributed by atoms with van der Waals surface area (Å²) >= 11 is -1.78. The van der Waals surface area contributed by atoms with Crippen LogP contribution in [0.25, 0.3) is 0 Å². The zero-order valence-electron chi connectivity index (χ0n) is 8.82. The fourth-order valence-corrected chi connectivity index (χ4v) is 1.82. The lowest BCUT2D eigenvalue weighted by Crippen LogP contribution is -2.27. The molecule has 4 heteroatoms. The minimum Gasteiger partial charge on any atom is -0.294 e. The molecule has 0 radical (unpaired) electrons. The van der Waals surface area contributed by atoms with Gasteiger partial charge in [0.1, 0.15) is 0 Å². The number of hydrogen-bond acceptors (Lipinski definition) is 1. The van der Waals surface area contributed by atoms with E-state index >= 15 is 0 Å². The van der Waals surface area contributed by atoms with Crippen LogP contribution in [0.2, 0.25) is 0 Å². The Labute approximate surface area is 83.9 Å². The Morgan fingerprint density at radius 3 is 2.38 bits per heavy atom. The molecule has 3 nitrogen and oxygen atoms in total. The molecule has 0 saturated carbocycles. The molecule has 80 valence electrons. The number of hydrogen-bond donors (Lipinski definition) is 1. The van der Waals surface area contributed by atoms with Gasteiger partial charge >= 0.3 is 0 Å². The van der Waals surface area contributed by atoms with Crippen molar-refractivity contribution in [1.82, 2.24) is 4.31 Å². The maximum absolute atomic E-state index is 10.8. The summed E-state index contributed by atoms with van der Waals surface area (Å²) in [6.45, 7) is 7.79. The van der Waals surface area contributed by atoms with Crippen LogP contribution < -0.4 is 0 Å². The zero-order valence-corrected chi connectivity index (χ0v) is 9.64. The Hall–Kier alpha value is 0.0700. The van der Waals surface area contributed by atoms with E-state index in [9.17, 15) is 4.21 Å². The van der Waals surface area contributed by atoms with Gasteiger partial charge in [0.05, 0.1) is 0 Å². The van der Waals surface area contributed by atoms with Crippen molar-refractivity contribution in [3.63, 3.8) is 0 Å². The number of nitrogens with zero attached hydrogens (tertiary/aromatic N) is 1. The highest BCUT2D eigenvalue weighted by Gasteiger charge is 2.08. The van der Waals surface area contributed by atoms with Crippen molar-refractivity contribution in [2.45, 2.75) is 40.0 Å². The van der Waals surface area contributed by atoms with Gasteiger partial charge in [-0.15, -0.1) is 0 Å². The highest BCUT2D eigenvalue weighted by atomic mass is 32.2. The van der Waals surface area contributed by atoms with E-state index in [-0.39, 0.29) is 0 Å². The van der Waals surface area contributed by atoms with Gasteiger partial charge in [-0.3, -0.25) is 4.55 Å². The first-order chi connectivity index (χ1) is 6.07. The predicted octanol–water partition coefficient (Wildman–Crippen LogP) is 2.27. The molecule has 0 aliphatic heterocycles. The van der Waals surface area contributed by atoms with E-state index in [2.05, 4.69) is 13.8 Å². The van der Waals surface area contributed by atoms with E-state index in [1.165, 1.54) is 0 Å². The summed E-state index contributed by atoms with van der Waals surface area (Å²) in [6.07, 6.45) is 3.05. The Balaban J connectivity index is 3.63. The molecule has 0 bridgehead atoms. The fourth-order valence-electron chi connectivity index (χ4n) is 1.19. The Kier molecular flexibility index (Phi) is 7.51. The predicted molar refractivity (Wildman–Crippen MR) is 56.7 cm³/mol. The maximum Gasteiger partial charge on any atom is 0.234 e.